The predicted octanol–water partition coefficient (Wildman–Crippen LogP) is 3.20. The molecule has 7 heteroatoms. The van der Waals surface area contributed by atoms with Gasteiger partial charge >= 0.3 is 0 Å². The normalized spacial score (nSPS) is 11.4. The monoisotopic (exact) mass is 428 g/mol. The largest absolute Gasteiger partial charge is 0.497 e. The van der Waals surface area contributed by atoms with E-state index in [1.807, 2.05) is 49.4 Å². The van der Waals surface area contributed by atoms with E-state index in [0.29, 0.717) is 36.8 Å². The van der Waals surface area contributed by atoms with Crippen LogP contribution >= 0.6 is 0 Å². The summed E-state index contributed by atoms with van der Waals surface area (Å²) in [5.41, 5.74) is 1.85. The number of methoxy groups -OCH3 is 3. The fourth-order valence-electron chi connectivity index (χ4n) is 3.30. The third-order valence-electron chi connectivity index (χ3n) is 5.08. The van der Waals surface area contributed by atoms with Crippen LogP contribution in [0, 0.1) is 0 Å². The van der Waals surface area contributed by atoms with Gasteiger partial charge in [0.05, 0.1) is 21.3 Å². The van der Waals surface area contributed by atoms with Crippen LogP contribution in [0.1, 0.15) is 31.4 Å². The van der Waals surface area contributed by atoms with Crippen LogP contribution in [0.2, 0.25) is 0 Å². The highest BCUT2D eigenvalue weighted by atomic mass is 16.5. The molecule has 7 nitrogen and oxygen atoms in total. The number of carbonyl (C=O) groups is 2. The Kier molecular flexibility index (Phi) is 9.18. The Morgan fingerprint density at radius 1 is 0.968 bits per heavy atom. The first-order valence-electron chi connectivity index (χ1n) is 10.3. The van der Waals surface area contributed by atoms with E-state index in [2.05, 4.69) is 5.32 Å². The van der Waals surface area contributed by atoms with Gasteiger partial charge in [-0.25, -0.2) is 0 Å². The van der Waals surface area contributed by atoms with Crippen molar-refractivity contribution in [2.24, 2.45) is 0 Å². The molecule has 0 aliphatic carbocycles. The van der Waals surface area contributed by atoms with E-state index < -0.39 is 6.04 Å². The average molecular weight is 429 g/mol. The highest BCUT2D eigenvalue weighted by Crippen LogP contribution is 2.28. The molecular weight excluding hydrogens is 396 g/mol. The van der Waals surface area contributed by atoms with Crippen molar-refractivity contribution in [2.45, 2.75) is 39.3 Å². The van der Waals surface area contributed by atoms with Crippen molar-refractivity contribution in [1.82, 2.24) is 10.2 Å². The summed E-state index contributed by atoms with van der Waals surface area (Å²) in [6, 6.07) is 12.5. The summed E-state index contributed by atoms with van der Waals surface area (Å²) in [5, 5.41) is 2.80. The average Bonchev–Trinajstić information content (AvgIpc) is 2.80. The Hall–Kier alpha value is -3.22. The van der Waals surface area contributed by atoms with Crippen LogP contribution in [0.4, 0.5) is 0 Å². The van der Waals surface area contributed by atoms with Gasteiger partial charge < -0.3 is 24.4 Å². The van der Waals surface area contributed by atoms with Crippen molar-refractivity contribution in [3.05, 3.63) is 53.6 Å². The molecular formula is C24H32N2O5. The van der Waals surface area contributed by atoms with Crippen molar-refractivity contribution in [3.8, 4) is 17.2 Å². The van der Waals surface area contributed by atoms with Crippen molar-refractivity contribution >= 4 is 11.8 Å². The van der Waals surface area contributed by atoms with Gasteiger partial charge in [0.25, 0.3) is 0 Å². The number of hydrogen-bond donors (Lipinski definition) is 1. The van der Waals surface area contributed by atoms with E-state index in [1.165, 1.54) is 0 Å². The molecule has 0 radical (unpaired) electrons. The second-order valence-corrected chi connectivity index (χ2v) is 7.13. The minimum absolute atomic E-state index is 0.101. The second-order valence-electron chi connectivity index (χ2n) is 7.13. The van der Waals surface area contributed by atoms with Gasteiger partial charge in [0, 0.05) is 19.5 Å². The summed E-state index contributed by atoms with van der Waals surface area (Å²) in [6.07, 6.45) is 0.791. The number of rotatable bonds is 11. The molecule has 0 saturated heterocycles. The minimum atomic E-state index is -0.593. The van der Waals surface area contributed by atoms with Crippen LogP contribution in [-0.2, 0) is 22.6 Å². The van der Waals surface area contributed by atoms with Crippen molar-refractivity contribution in [1.29, 1.82) is 0 Å². The fraction of sp³-hybridized carbons (Fsp3) is 0.417. The number of ether oxygens (including phenoxy) is 3. The van der Waals surface area contributed by atoms with Crippen LogP contribution in [0.15, 0.2) is 42.5 Å². The molecule has 2 amide bonds. The van der Waals surface area contributed by atoms with Gasteiger partial charge in [-0.1, -0.05) is 18.2 Å². The Morgan fingerprint density at radius 2 is 1.71 bits per heavy atom. The van der Waals surface area contributed by atoms with Crippen molar-refractivity contribution < 1.29 is 23.8 Å². The van der Waals surface area contributed by atoms with Crippen LogP contribution in [0.3, 0.4) is 0 Å². The molecule has 2 rings (SSSR count). The summed E-state index contributed by atoms with van der Waals surface area (Å²) >= 11 is 0. The Morgan fingerprint density at radius 3 is 2.35 bits per heavy atom. The Bertz CT molecular complexity index is 884. The summed E-state index contributed by atoms with van der Waals surface area (Å²) < 4.78 is 15.9. The third-order valence-corrected chi connectivity index (χ3v) is 5.08. The van der Waals surface area contributed by atoms with Crippen LogP contribution in [0.25, 0.3) is 0 Å². The van der Waals surface area contributed by atoms with Crippen molar-refractivity contribution in [3.63, 3.8) is 0 Å². The lowest BCUT2D eigenvalue weighted by atomic mass is 10.1. The quantitative estimate of drug-likeness (QED) is 0.595. The molecule has 168 valence electrons. The van der Waals surface area contributed by atoms with Gasteiger partial charge in [-0.15, -0.1) is 0 Å². The molecule has 0 heterocycles. The Labute approximate surface area is 184 Å². The highest BCUT2D eigenvalue weighted by molar-refractivity contribution is 5.87. The molecule has 2 aromatic rings. The first-order chi connectivity index (χ1) is 14.9. The lowest BCUT2D eigenvalue weighted by Gasteiger charge is -2.29. The smallest absolute Gasteiger partial charge is 0.242 e. The van der Waals surface area contributed by atoms with Gasteiger partial charge in [0.2, 0.25) is 11.8 Å². The number of carbonyl (C=O) groups excluding carboxylic acids is 2. The van der Waals surface area contributed by atoms with E-state index in [0.717, 1.165) is 11.1 Å². The number of amides is 2. The molecule has 0 fully saturated rings. The van der Waals surface area contributed by atoms with E-state index >= 15 is 0 Å². The lowest BCUT2D eigenvalue weighted by molar-refractivity contribution is -0.140. The number of aryl methyl sites for hydroxylation is 1. The number of likely N-dealkylation sites (N-methyl/N-ethyl adjacent to an activating group) is 1. The zero-order valence-electron chi connectivity index (χ0n) is 18.9. The molecule has 0 spiro atoms. The summed E-state index contributed by atoms with van der Waals surface area (Å²) in [5.74, 6) is 1.69. The molecule has 1 atom stereocenters. The molecule has 0 aliphatic heterocycles. The maximum atomic E-state index is 13.2. The summed E-state index contributed by atoms with van der Waals surface area (Å²) in [6.45, 7) is 4.44. The SMILES string of the molecule is CCNC(=O)[C@H](C)N(Cc1cccc(OC)c1)C(=O)CCc1ccc(OC)c(OC)c1. The van der Waals surface area contributed by atoms with Gasteiger partial charge in [-0.05, 0) is 55.7 Å². The molecule has 0 unspecified atom stereocenters. The molecule has 0 saturated carbocycles. The van der Waals surface area contributed by atoms with Gasteiger partial charge in [0.15, 0.2) is 11.5 Å². The van der Waals surface area contributed by atoms with E-state index in [4.69, 9.17) is 14.2 Å². The third kappa shape index (κ3) is 6.64. The zero-order chi connectivity index (χ0) is 22.8. The molecule has 0 aromatic heterocycles. The number of benzene rings is 2. The second kappa shape index (κ2) is 11.8. The molecule has 1 N–H and O–H groups in total. The first-order valence-corrected chi connectivity index (χ1v) is 10.3. The van der Waals surface area contributed by atoms with Crippen LogP contribution < -0.4 is 19.5 Å². The highest BCUT2D eigenvalue weighted by Gasteiger charge is 2.25. The lowest BCUT2D eigenvalue weighted by Crippen LogP contribution is -2.47. The van der Waals surface area contributed by atoms with Crippen LogP contribution in [0.5, 0.6) is 17.2 Å². The predicted molar refractivity (Wildman–Crippen MR) is 120 cm³/mol. The zero-order valence-corrected chi connectivity index (χ0v) is 18.9. The number of hydrogen-bond acceptors (Lipinski definition) is 5. The summed E-state index contributed by atoms with van der Waals surface area (Å²) in [4.78, 5) is 27.2. The van der Waals surface area contributed by atoms with Crippen LogP contribution in [-0.4, -0.2) is 50.6 Å². The molecule has 2 aromatic carbocycles. The van der Waals surface area contributed by atoms with Gasteiger partial charge in [0.1, 0.15) is 11.8 Å². The van der Waals surface area contributed by atoms with Gasteiger partial charge in [-0.3, -0.25) is 9.59 Å². The van der Waals surface area contributed by atoms with E-state index in [1.54, 1.807) is 33.2 Å². The number of nitrogens with one attached hydrogen (secondary N) is 1. The maximum absolute atomic E-state index is 13.2. The van der Waals surface area contributed by atoms with E-state index in [-0.39, 0.29) is 18.2 Å². The van der Waals surface area contributed by atoms with Crippen molar-refractivity contribution in [2.75, 3.05) is 27.9 Å². The molecule has 0 aliphatic rings. The maximum Gasteiger partial charge on any atom is 0.242 e. The first kappa shape index (κ1) is 24.1. The standard InChI is InChI=1S/C24H32N2O5/c1-6-25-24(28)17(2)26(16-19-8-7-9-20(14-19)29-3)23(27)13-11-18-10-12-21(30-4)22(15-18)31-5/h7-10,12,14-15,17H,6,11,13,16H2,1-5H3,(H,25,28)/t17-/m0/s1. The molecule has 0 bridgehead atoms. The molecule has 31 heavy (non-hydrogen) atoms. The summed E-state index contributed by atoms with van der Waals surface area (Å²) in [7, 11) is 4.76. The minimum Gasteiger partial charge on any atom is -0.497 e. The van der Waals surface area contributed by atoms with Gasteiger partial charge in [-0.2, -0.15) is 0 Å². The fourth-order valence-corrected chi connectivity index (χ4v) is 3.30. The topological polar surface area (TPSA) is 77.1 Å². The van der Waals surface area contributed by atoms with E-state index in [9.17, 15) is 9.59 Å². The number of nitrogens with zero attached hydrogens (tertiary/aromatic N) is 1. The Balaban J connectivity index is 2.17.